The highest BCUT2D eigenvalue weighted by Gasteiger charge is 1.97. The van der Waals surface area contributed by atoms with E-state index in [1.54, 1.807) is 7.11 Å². The second-order valence-electron chi connectivity index (χ2n) is 2.36. The van der Waals surface area contributed by atoms with Crippen molar-refractivity contribution in [1.82, 2.24) is 9.97 Å². The first kappa shape index (κ1) is 8.73. The van der Waals surface area contributed by atoms with Gasteiger partial charge in [0.25, 0.3) is 5.56 Å². The molecule has 0 bridgehead atoms. The summed E-state index contributed by atoms with van der Waals surface area (Å²) in [7, 11) is 1.59. The fraction of sp³-hybridized carbons (Fsp3) is 0.429. The molecule has 0 radical (unpaired) electrons. The predicted molar refractivity (Wildman–Crippen MR) is 44.9 cm³/mol. The molecule has 0 aliphatic carbocycles. The lowest BCUT2D eigenvalue weighted by atomic mass is 10.3. The Bertz CT molecular complexity index is 308. The lowest BCUT2D eigenvalue weighted by Crippen LogP contribution is -2.12. The van der Waals surface area contributed by atoms with Crippen LogP contribution in [0.5, 0.6) is 0 Å². The van der Waals surface area contributed by atoms with Gasteiger partial charge in [-0.25, -0.2) is 4.98 Å². The van der Waals surface area contributed by atoms with E-state index in [4.69, 9.17) is 10.5 Å². The van der Waals surface area contributed by atoms with Crippen molar-refractivity contribution in [3.05, 3.63) is 22.1 Å². The largest absolute Gasteiger partial charge is 0.384 e. The van der Waals surface area contributed by atoms with Gasteiger partial charge in [0, 0.05) is 19.6 Å². The average Bonchev–Trinajstić information content (AvgIpc) is 1.99. The molecule has 1 aromatic heterocycles. The maximum absolute atomic E-state index is 10.9. The van der Waals surface area contributed by atoms with Crippen LogP contribution < -0.4 is 11.3 Å². The highest BCUT2D eigenvalue weighted by Crippen LogP contribution is 1.93. The minimum atomic E-state index is -0.228. The van der Waals surface area contributed by atoms with Crippen LogP contribution in [0.1, 0.15) is 5.69 Å². The summed E-state index contributed by atoms with van der Waals surface area (Å²) in [6.45, 7) is 0.538. The molecule has 0 aliphatic heterocycles. The topological polar surface area (TPSA) is 81.0 Å². The number of aromatic amines is 1. The molecule has 0 unspecified atom stereocenters. The summed E-state index contributed by atoms with van der Waals surface area (Å²) in [5.41, 5.74) is 5.75. The minimum Gasteiger partial charge on any atom is -0.384 e. The highest BCUT2D eigenvalue weighted by molar-refractivity contribution is 5.17. The minimum absolute atomic E-state index is 0.147. The Morgan fingerprint density at radius 2 is 2.50 bits per heavy atom. The van der Waals surface area contributed by atoms with Crippen molar-refractivity contribution in [3.8, 4) is 0 Å². The summed E-state index contributed by atoms with van der Waals surface area (Å²) in [4.78, 5) is 17.1. The van der Waals surface area contributed by atoms with Crippen molar-refractivity contribution >= 4 is 5.95 Å². The first-order chi connectivity index (χ1) is 5.72. The van der Waals surface area contributed by atoms with Gasteiger partial charge in [-0.1, -0.05) is 0 Å². The zero-order valence-electron chi connectivity index (χ0n) is 6.83. The quantitative estimate of drug-likeness (QED) is 0.641. The molecule has 5 nitrogen and oxygen atoms in total. The van der Waals surface area contributed by atoms with E-state index in [0.717, 1.165) is 0 Å². The molecule has 0 aromatic carbocycles. The molecule has 0 atom stereocenters. The van der Waals surface area contributed by atoms with Crippen LogP contribution >= 0.6 is 0 Å². The Balaban J connectivity index is 2.79. The van der Waals surface area contributed by atoms with Gasteiger partial charge in [0.15, 0.2) is 0 Å². The second-order valence-corrected chi connectivity index (χ2v) is 2.36. The van der Waals surface area contributed by atoms with Crippen molar-refractivity contribution in [1.29, 1.82) is 0 Å². The van der Waals surface area contributed by atoms with Crippen LogP contribution in [-0.4, -0.2) is 23.7 Å². The van der Waals surface area contributed by atoms with E-state index in [-0.39, 0.29) is 11.5 Å². The van der Waals surface area contributed by atoms with Crippen molar-refractivity contribution in [3.63, 3.8) is 0 Å². The smallest absolute Gasteiger partial charge is 0.252 e. The number of anilines is 1. The normalized spacial score (nSPS) is 10.1. The van der Waals surface area contributed by atoms with E-state index < -0.39 is 0 Å². The lowest BCUT2D eigenvalue weighted by Gasteiger charge is -1.99. The molecule has 5 heteroatoms. The van der Waals surface area contributed by atoms with Crippen LogP contribution in [0.3, 0.4) is 0 Å². The summed E-state index contributed by atoms with van der Waals surface area (Å²) < 4.78 is 4.83. The predicted octanol–water partition coefficient (Wildman–Crippen LogP) is -0.459. The average molecular weight is 169 g/mol. The molecule has 1 aromatic rings. The third kappa shape index (κ3) is 2.35. The van der Waals surface area contributed by atoms with Crippen LogP contribution in [0, 0.1) is 0 Å². The third-order valence-electron chi connectivity index (χ3n) is 1.38. The van der Waals surface area contributed by atoms with Crippen LogP contribution in [-0.2, 0) is 11.2 Å². The van der Waals surface area contributed by atoms with Gasteiger partial charge in [-0.3, -0.25) is 9.78 Å². The number of H-pyrrole nitrogens is 1. The van der Waals surface area contributed by atoms with Crippen molar-refractivity contribution in [2.45, 2.75) is 6.42 Å². The molecule has 1 heterocycles. The van der Waals surface area contributed by atoms with Crippen molar-refractivity contribution < 1.29 is 4.74 Å². The maximum atomic E-state index is 10.9. The molecular weight excluding hydrogens is 158 g/mol. The monoisotopic (exact) mass is 169 g/mol. The van der Waals surface area contributed by atoms with Gasteiger partial charge in [0.1, 0.15) is 0 Å². The molecule has 1 rings (SSSR count). The van der Waals surface area contributed by atoms with E-state index in [1.807, 2.05) is 0 Å². The molecule has 0 spiro atoms. The van der Waals surface area contributed by atoms with Gasteiger partial charge < -0.3 is 10.5 Å². The fourth-order valence-corrected chi connectivity index (χ4v) is 0.863. The number of methoxy groups -OCH3 is 1. The zero-order chi connectivity index (χ0) is 8.97. The Labute approximate surface area is 69.6 Å². The van der Waals surface area contributed by atoms with E-state index in [9.17, 15) is 4.79 Å². The van der Waals surface area contributed by atoms with Gasteiger partial charge in [0.2, 0.25) is 5.95 Å². The molecule has 0 saturated carbocycles. The maximum Gasteiger partial charge on any atom is 0.252 e. The Hall–Kier alpha value is -1.36. The second kappa shape index (κ2) is 3.87. The standard InChI is InChI=1S/C7H11N3O2/c1-12-3-2-5-4-6(11)10-7(8)9-5/h4H,2-3H2,1H3,(H3,8,9,10,11). The van der Waals surface area contributed by atoms with Crippen LogP contribution in [0.25, 0.3) is 0 Å². The number of nitrogens with one attached hydrogen (secondary N) is 1. The summed E-state index contributed by atoms with van der Waals surface area (Å²) in [5, 5.41) is 0. The van der Waals surface area contributed by atoms with Gasteiger partial charge in [-0.2, -0.15) is 0 Å². The van der Waals surface area contributed by atoms with Gasteiger partial charge >= 0.3 is 0 Å². The van der Waals surface area contributed by atoms with E-state index in [1.165, 1.54) is 6.07 Å². The Morgan fingerprint density at radius 1 is 1.75 bits per heavy atom. The number of rotatable bonds is 3. The van der Waals surface area contributed by atoms with E-state index >= 15 is 0 Å². The number of aromatic nitrogens is 2. The molecule has 0 amide bonds. The van der Waals surface area contributed by atoms with E-state index in [0.29, 0.717) is 18.7 Å². The summed E-state index contributed by atoms with van der Waals surface area (Å²) in [6, 6.07) is 1.41. The number of nitrogens with zero attached hydrogens (tertiary/aromatic N) is 1. The summed E-state index contributed by atoms with van der Waals surface area (Å²) >= 11 is 0. The summed E-state index contributed by atoms with van der Waals surface area (Å²) in [5.74, 6) is 0.147. The summed E-state index contributed by atoms with van der Waals surface area (Å²) in [6.07, 6.45) is 0.602. The first-order valence-corrected chi connectivity index (χ1v) is 3.57. The number of ether oxygens (including phenoxy) is 1. The number of hydrogen-bond donors (Lipinski definition) is 2. The first-order valence-electron chi connectivity index (χ1n) is 3.57. The van der Waals surface area contributed by atoms with Crippen LogP contribution in [0.4, 0.5) is 5.95 Å². The molecule has 0 saturated heterocycles. The van der Waals surface area contributed by atoms with E-state index in [2.05, 4.69) is 9.97 Å². The van der Waals surface area contributed by atoms with Crippen molar-refractivity contribution in [2.24, 2.45) is 0 Å². The number of hydrogen-bond acceptors (Lipinski definition) is 4. The number of nitrogen functional groups attached to an aromatic ring is 1. The SMILES string of the molecule is COCCc1cc(=O)[nH]c(N)n1. The molecule has 0 aliphatic rings. The molecule has 66 valence electrons. The Morgan fingerprint density at radius 3 is 3.08 bits per heavy atom. The van der Waals surface area contributed by atoms with Crippen LogP contribution in [0.2, 0.25) is 0 Å². The fourth-order valence-electron chi connectivity index (χ4n) is 0.863. The van der Waals surface area contributed by atoms with Gasteiger partial charge in [-0.15, -0.1) is 0 Å². The van der Waals surface area contributed by atoms with Gasteiger partial charge in [0.05, 0.1) is 12.3 Å². The molecule has 12 heavy (non-hydrogen) atoms. The molecule has 3 N–H and O–H groups in total. The molecule has 0 fully saturated rings. The zero-order valence-corrected chi connectivity index (χ0v) is 6.83. The highest BCUT2D eigenvalue weighted by atomic mass is 16.5. The van der Waals surface area contributed by atoms with Gasteiger partial charge in [-0.05, 0) is 0 Å². The molecular formula is C7H11N3O2. The number of nitrogens with two attached hydrogens (primary N) is 1. The Kier molecular flexibility index (Phi) is 2.82. The van der Waals surface area contributed by atoms with Crippen molar-refractivity contribution in [2.75, 3.05) is 19.5 Å². The van der Waals surface area contributed by atoms with Crippen LogP contribution in [0.15, 0.2) is 10.9 Å². The lowest BCUT2D eigenvalue weighted by molar-refractivity contribution is 0.201. The third-order valence-corrected chi connectivity index (χ3v) is 1.38.